The van der Waals surface area contributed by atoms with Crippen LogP contribution < -0.4 is 10.1 Å². The molecule has 148 valence electrons. The van der Waals surface area contributed by atoms with Crippen molar-refractivity contribution in [3.05, 3.63) is 78.1 Å². The average Bonchev–Trinajstić information content (AvgIpc) is 2.72. The molecule has 3 aromatic rings. The fraction of sp³-hybridized carbons (Fsp3) is 0.130. The van der Waals surface area contributed by atoms with Crippen LogP contribution in [0.5, 0.6) is 5.75 Å². The minimum Gasteiger partial charge on any atom is -0.494 e. The lowest BCUT2D eigenvalue weighted by Gasteiger charge is -2.13. The van der Waals surface area contributed by atoms with Gasteiger partial charge in [-0.05, 0) is 53.6 Å². The molecule has 0 bridgehead atoms. The number of ether oxygens (including phenoxy) is 2. The van der Waals surface area contributed by atoms with E-state index >= 15 is 0 Å². The number of carbonyl (C=O) groups excluding carboxylic acids is 2. The lowest BCUT2D eigenvalue weighted by atomic mass is 10.1. The molecule has 0 radical (unpaired) electrons. The molecule has 0 unspecified atom stereocenters. The van der Waals surface area contributed by atoms with Crippen LogP contribution in [0.25, 0.3) is 16.8 Å². The molecule has 3 aromatic carbocycles. The molecule has 29 heavy (non-hydrogen) atoms. The number of rotatable bonds is 6. The second kappa shape index (κ2) is 9.01. The van der Waals surface area contributed by atoms with Crippen LogP contribution in [-0.2, 0) is 14.3 Å². The van der Waals surface area contributed by atoms with Crippen LogP contribution in [0.1, 0.15) is 12.5 Å². The van der Waals surface area contributed by atoms with Gasteiger partial charge < -0.3 is 14.8 Å². The molecule has 0 fully saturated rings. The van der Waals surface area contributed by atoms with Crippen molar-refractivity contribution in [1.82, 2.24) is 0 Å². The molecule has 5 nitrogen and oxygen atoms in total. The third-order valence-corrected chi connectivity index (χ3v) is 4.27. The Morgan fingerprint density at radius 3 is 2.52 bits per heavy atom. The maximum Gasteiger partial charge on any atom is 0.331 e. The number of benzene rings is 3. The van der Waals surface area contributed by atoms with Crippen molar-refractivity contribution in [2.75, 3.05) is 12.4 Å². The van der Waals surface area contributed by atoms with Crippen LogP contribution >= 0.6 is 0 Å². The zero-order valence-corrected chi connectivity index (χ0v) is 16.0. The standard InChI is InChI=1S/C23H20FNO4/c1-15(23(27)25-19-10-9-17-5-3-4-6-18(17)14-19)29-22(26)12-8-16-7-11-21(28-2)20(24)13-16/h3-15H,1-2H3,(H,25,27)/b12-8+/t15-/m0/s1. The SMILES string of the molecule is COc1ccc(/C=C/C(=O)O[C@@H](C)C(=O)Nc2ccc3ccccc3c2)cc1F. The first kappa shape index (κ1) is 20.1. The summed E-state index contributed by atoms with van der Waals surface area (Å²) in [4.78, 5) is 24.3. The van der Waals surface area contributed by atoms with E-state index < -0.39 is 23.8 Å². The molecule has 0 saturated carbocycles. The predicted molar refractivity (Wildman–Crippen MR) is 110 cm³/mol. The van der Waals surface area contributed by atoms with Crippen LogP contribution in [0.2, 0.25) is 0 Å². The summed E-state index contributed by atoms with van der Waals surface area (Å²) >= 11 is 0. The van der Waals surface area contributed by atoms with Gasteiger partial charge in [-0.3, -0.25) is 4.79 Å². The number of fused-ring (bicyclic) bond motifs is 1. The summed E-state index contributed by atoms with van der Waals surface area (Å²) in [7, 11) is 1.37. The van der Waals surface area contributed by atoms with Crippen molar-refractivity contribution in [2.24, 2.45) is 0 Å². The zero-order chi connectivity index (χ0) is 20.8. The van der Waals surface area contributed by atoms with Gasteiger partial charge in [0.05, 0.1) is 7.11 Å². The molecular formula is C23H20FNO4. The zero-order valence-electron chi connectivity index (χ0n) is 16.0. The summed E-state index contributed by atoms with van der Waals surface area (Å²) in [6, 6.07) is 17.6. The molecular weight excluding hydrogens is 373 g/mol. The second-order valence-corrected chi connectivity index (χ2v) is 6.36. The maximum atomic E-state index is 13.7. The van der Waals surface area contributed by atoms with Gasteiger partial charge in [0.15, 0.2) is 17.7 Å². The third-order valence-electron chi connectivity index (χ3n) is 4.27. The van der Waals surface area contributed by atoms with Gasteiger partial charge in [-0.25, -0.2) is 9.18 Å². The molecule has 1 atom stereocenters. The summed E-state index contributed by atoms with van der Waals surface area (Å²) < 4.78 is 23.6. The van der Waals surface area contributed by atoms with Gasteiger partial charge in [0.25, 0.3) is 5.91 Å². The predicted octanol–water partition coefficient (Wildman–Crippen LogP) is 4.57. The normalized spacial score (nSPS) is 12.0. The van der Waals surface area contributed by atoms with E-state index in [-0.39, 0.29) is 5.75 Å². The van der Waals surface area contributed by atoms with Crippen molar-refractivity contribution in [1.29, 1.82) is 0 Å². The number of hydrogen-bond donors (Lipinski definition) is 1. The number of halogens is 1. The van der Waals surface area contributed by atoms with E-state index in [1.54, 1.807) is 12.1 Å². The van der Waals surface area contributed by atoms with E-state index in [1.165, 1.54) is 32.2 Å². The van der Waals surface area contributed by atoms with Crippen molar-refractivity contribution in [3.8, 4) is 5.75 Å². The molecule has 6 heteroatoms. The number of nitrogens with one attached hydrogen (secondary N) is 1. The summed E-state index contributed by atoms with van der Waals surface area (Å²) in [6.07, 6.45) is 1.55. The number of amides is 1. The first-order chi connectivity index (χ1) is 14.0. The summed E-state index contributed by atoms with van der Waals surface area (Å²) in [5, 5.41) is 4.78. The van der Waals surface area contributed by atoms with E-state index in [4.69, 9.17) is 9.47 Å². The van der Waals surface area contributed by atoms with E-state index in [0.29, 0.717) is 11.3 Å². The fourth-order valence-corrected chi connectivity index (χ4v) is 2.73. The van der Waals surface area contributed by atoms with Crippen molar-refractivity contribution < 1.29 is 23.5 Å². The highest BCUT2D eigenvalue weighted by Crippen LogP contribution is 2.20. The Hall–Kier alpha value is -3.67. The van der Waals surface area contributed by atoms with Crippen molar-refractivity contribution in [2.45, 2.75) is 13.0 Å². The molecule has 0 spiro atoms. The Morgan fingerprint density at radius 1 is 1.03 bits per heavy atom. The Kier molecular flexibility index (Phi) is 6.24. The lowest BCUT2D eigenvalue weighted by molar-refractivity contribution is -0.148. The molecule has 0 aromatic heterocycles. The minimum atomic E-state index is -0.994. The molecule has 0 heterocycles. The van der Waals surface area contributed by atoms with Crippen LogP contribution in [0, 0.1) is 5.82 Å². The van der Waals surface area contributed by atoms with Gasteiger partial charge in [0.1, 0.15) is 0 Å². The quantitative estimate of drug-likeness (QED) is 0.492. The Bertz CT molecular complexity index is 1080. The van der Waals surface area contributed by atoms with E-state index in [2.05, 4.69) is 5.32 Å². The van der Waals surface area contributed by atoms with Crippen LogP contribution in [0.4, 0.5) is 10.1 Å². The van der Waals surface area contributed by atoms with E-state index in [9.17, 15) is 14.0 Å². The first-order valence-electron chi connectivity index (χ1n) is 8.98. The topological polar surface area (TPSA) is 64.6 Å². The molecule has 0 aliphatic carbocycles. The van der Waals surface area contributed by atoms with Gasteiger partial charge >= 0.3 is 5.97 Å². The van der Waals surface area contributed by atoms with E-state index in [0.717, 1.165) is 16.8 Å². The van der Waals surface area contributed by atoms with Gasteiger partial charge in [-0.2, -0.15) is 0 Å². The molecule has 3 rings (SSSR count). The number of anilines is 1. The number of methoxy groups -OCH3 is 1. The summed E-state index contributed by atoms with van der Waals surface area (Å²) in [5.74, 6) is -1.57. The highest BCUT2D eigenvalue weighted by molar-refractivity contribution is 5.98. The molecule has 1 N–H and O–H groups in total. The Morgan fingerprint density at radius 2 is 1.79 bits per heavy atom. The third kappa shape index (κ3) is 5.19. The lowest BCUT2D eigenvalue weighted by Crippen LogP contribution is -2.29. The second-order valence-electron chi connectivity index (χ2n) is 6.36. The average molecular weight is 393 g/mol. The molecule has 0 aliphatic heterocycles. The first-order valence-corrected chi connectivity index (χ1v) is 8.98. The number of hydrogen-bond acceptors (Lipinski definition) is 4. The fourth-order valence-electron chi connectivity index (χ4n) is 2.73. The van der Waals surface area contributed by atoms with Crippen LogP contribution in [0.15, 0.2) is 66.7 Å². The summed E-state index contributed by atoms with van der Waals surface area (Å²) in [5.41, 5.74) is 1.08. The Balaban J connectivity index is 1.58. The monoisotopic (exact) mass is 393 g/mol. The number of esters is 1. The largest absolute Gasteiger partial charge is 0.494 e. The van der Waals surface area contributed by atoms with Gasteiger partial charge in [-0.1, -0.05) is 36.4 Å². The summed E-state index contributed by atoms with van der Waals surface area (Å²) in [6.45, 7) is 1.48. The van der Waals surface area contributed by atoms with Crippen molar-refractivity contribution in [3.63, 3.8) is 0 Å². The van der Waals surface area contributed by atoms with Gasteiger partial charge in [0.2, 0.25) is 0 Å². The molecule has 0 saturated heterocycles. The van der Waals surface area contributed by atoms with E-state index in [1.807, 2.05) is 36.4 Å². The van der Waals surface area contributed by atoms with Crippen LogP contribution in [0.3, 0.4) is 0 Å². The van der Waals surface area contributed by atoms with Crippen LogP contribution in [-0.4, -0.2) is 25.1 Å². The van der Waals surface area contributed by atoms with Crippen molar-refractivity contribution >= 4 is 34.4 Å². The Labute approximate surface area is 167 Å². The maximum absolute atomic E-state index is 13.7. The molecule has 1 amide bonds. The highest BCUT2D eigenvalue weighted by atomic mass is 19.1. The number of carbonyl (C=O) groups is 2. The highest BCUT2D eigenvalue weighted by Gasteiger charge is 2.17. The molecule has 0 aliphatic rings. The smallest absolute Gasteiger partial charge is 0.331 e. The van der Waals surface area contributed by atoms with Gasteiger partial charge in [-0.15, -0.1) is 0 Å². The van der Waals surface area contributed by atoms with Gasteiger partial charge in [0, 0.05) is 11.8 Å². The minimum absolute atomic E-state index is 0.115.